The van der Waals surface area contributed by atoms with Gasteiger partial charge >= 0.3 is 5.97 Å². The molecule has 2 aliphatic heterocycles. The average molecular weight is 470 g/mol. The Morgan fingerprint density at radius 2 is 2.03 bits per heavy atom. The van der Waals surface area contributed by atoms with Crippen molar-refractivity contribution in [2.45, 2.75) is 47.2 Å². The number of benzene rings is 2. The third kappa shape index (κ3) is 3.95. The molecule has 7 heteroatoms. The number of rotatable bonds is 5. The number of allylic oxidation sites excluding steroid dienone is 3. The molecule has 3 aromatic rings. The molecule has 0 unspecified atom stereocenters. The Bertz CT molecular complexity index is 1460. The van der Waals surface area contributed by atoms with Gasteiger partial charge in [0, 0.05) is 31.5 Å². The minimum Gasteiger partial charge on any atom is -0.462 e. The Hall–Kier alpha value is -4.05. The third-order valence-corrected chi connectivity index (χ3v) is 6.80. The molecule has 0 amide bonds. The number of hydrogen-bond donors (Lipinski definition) is 0. The summed E-state index contributed by atoms with van der Waals surface area (Å²) in [6.07, 6.45) is 5.07. The summed E-state index contributed by atoms with van der Waals surface area (Å²) >= 11 is 0. The summed E-state index contributed by atoms with van der Waals surface area (Å²) in [5, 5.41) is 9.43. The fourth-order valence-corrected chi connectivity index (χ4v) is 4.97. The second kappa shape index (κ2) is 8.95. The molecule has 5 rings (SSSR count). The molecule has 178 valence electrons. The van der Waals surface area contributed by atoms with Crippen LogP contribution in [0.4, 0.5) is 5.69 Å². The first kappa shape index (κ1) is 22.7. The Morgan fingerprint density at radius 1 is 1.23 bits per heavy atom. The zero-order valence-electron chi connectivity index (χ0n) is 20.6. The van der Waals surface area contributed by atoms with E-state index in [1.807, 2.05) is 24.3 Å². The predicted molar refractivity (Wildman–Crippen MR) is 134 cm³/mol. The number of carbonyl (C=O) groups excluding carboxylic acids is 1. The molecule has 2 aliphatic rings. The number of fused-ring (bicyclic) bond motifs is 4. The number of carbonyl (C=O) groups is 1. The van der Waals surface area contributed by atoms with E-state index < -0.39 is 0 Å². The molecule has 0 saturated carbocycles. The SMILES string of the molecule is CCN1C(=CC=C2CCn3c2[n+](CCOC(C)=O)c2cc(C#N)ccc23)Oc2cc(C)c(C)cc21. The quantitative estimate of drug-likeness (QED) is 0.406. The smallest absolute Gasteiger partial charge is 0.302 e. The van der Waals surface area contributed by atoms with Gasteiger partial charge in [-0.2, -0.15) is 5.26 Å². The molecule has 7 nitrogen and oxygen atoms in total. The predicted octanol–water partition coefficient (Wildman–Crippen LogP) is 4.53. The van der Waals surface area contributed by atoms with Gasteiger partial charge in [0.1, 0.15) is 13.2 Å². The van der Waals surface area contributed by atoms with Crippen molar-refractivity contribution in [3.8, 4) is 11.8 Å². The van der Waals surface area contributed by atoms with E-state index in [-0.39, 0.29) is 12.6 Å². The van der Waals surface area contributed by atoms with Crippen LogP contribution in [0.1, 0.15) is 42.8 Å². The average Bonchev–Trinajstić information content (AvgIpc) is 3.49. The lowest BCUT2D eigenvalue weighted by Crippen LogP contribution is -2.39. The zero-order valence-corrected chi connectivity index (χ0v) is 20.6. The summed E-state index contributed by atoms with van der Waals surface area (Å²) in [6, 6.07) is 12.3. The van der Waals surface area contributed by atoms with Crippen LogP contribution in [0.25, 0.3) is 16.6 Å². The molecule has 1 aromatic heterocycles. The third-order valence-electron chi connectivity index (χ3n) is 6.80. The first-order valence-corrected chi connectivity index (χ1v) is 12.0. The number of hydrogen-bond acceptors (Lipinski definition) is 5. The molecule has 0 radical (unpaired) electrons. The molecule has 0 atom stereocenters. The first-order valence-electron chi connectivity index (χ1n) is 12.0. The van der Waals surface area contributed by atoms with Crippen LogP contribution in [0.2, 0.25) is 0 Å². The zero-order chi connectivity index (χ0) is 24.7. The van der Waals surface area contributed by atoms with Crippen LogP contribution in [-0.2, 0) is 22.6 Å². The van der Waals surface area contributed by atoms with E-state index in [0.717, 1.165) is 53.7 Å². The van der Waals surface area contributed by atoms with E-state index in [4.69, 9.17) is 9.47 Å². The maximum Gasteiger partial charge on any atom is 0.302 e. The number of aryl methyl sites for hydroxylation is 3. The number of ether oxygens (including phenoxy) is 2. The van der Waals surface area contributed by atoms with Crippen LogP contribution in [0.5, 0.6) is 5.75 Å². The monoisotopic (exact) mass is 469 g/mol. The van der Waals surface area contributed by atoms with Crippen LogP contribution in [0.15, 0.2) is 48.4 Å². The van der Waals surface area contributed by atoms with Gasteiger partial charge in [0.05, 0.1) is 23.9 Å². The van der Waals surface area contributed by atoms with Crippen molar-refractivity contribution in [2.75, 3.05) is 18.1 Å². The molecule has 0 saturated heterocycles. The molecular formula is C28H29N4O3+. The number of anilines is 1. The largest absolute Gasteiger partial charge is 0.462 e. The second-order valence-corrected chi connectivity index (χ2v) is 8.98. The van der Waals surface area contributed by atoms with E-state index in [1.165, 1.54) is 23.6 Å². The van der Waals surface area contributed by atoms with Gasteiger partial charge in [0.2, 0.25) is 5.88 Å². The highest BCUT2D eigenvalue weighted by molar-refractivity contribution is 5.79. The molecule has 0 N–H and O–H groups in total. The molecule has 0 fully saturated rings. The maximum atomic E-state index is 11.4. The lowest BCUT2D eigenvalue weighted by molar-refractivity contribution is -0.675. The van der Waals surface area contributed by atoms with Crippen molar-refractivity contribution in [1.29, 1.82) is 5.26 Å². The number of esters is 1. The summed E-state index contributed by atoms with van der Waals surface area (Å²) < 4.78 is 15.9. The molecule has 2 aromatic carbocycles. The maximum absolute atomic E-state index is 11.4. The van der Waals surface area contributed by atoms with E-state index in [9.17, 15) is 10.1 Å². The topological polar surface area (TPSA) is 71.4 Å². The molecule has 0 aliphatic carbocycles. The van der Waals surface area contributed by atoms with Gasteiger partial charge in [0.15, 0.2) is 16.8 Å². The lowest BCUT2D eigenvalue weighted by Gasteiger charge is -2.15. The second-order valence-electron chi connectivity index (χ2n) is 8.98. The molecule has 0 spiro atoms. The van der Waals surface area contributed by atoms with Gasteiger partial charge in [-0.05, 0) is 68.3 Å². The highest BCUT2D eigenvalue weighted by Crippen LogP contribution is 2.41. The Kier molecular flexibility index (Phi) is 5.81. The van der Waals surface area contributed by atoms with Gasteiger partial charge in [0.25, 0.3) is 5.82 Å². The van der Waals surface area contributed by atoms with Crippen molar-refractivity contribution in [1.82, 2.24) is 4.57 Å². The van der Waals surface area contributed by atoms with Gasteiger partial charge in [-0.25, -0.2) is 9.13 Å². The van der Waals surface area contributed by atoms with Crippen molar-refractivity contribution in [3.05, 3.63) is 70.9 Å². The fraction of sp³-hybridized carbons (Fsp3) is 0.321. The Balaban J connectivity index is 1.55. The Morgan fingerprint density at radius 3 is 2.77 bits per heavy atom. The van der Waals surface area contributed by atoms with Crippen LogP contribution < -0.4 is 14.2 Å². The summed E-state index contributed by atoms with van der Waals surface area (Å²) in [5.41, 5.74) is 7.39. The van der Waals surface area contributed by atoms with Gasteiger partial charge < -0.3 is 14.4 Å². The van der Waals surface area contributed by atoms with Gasteiger partial charge in [-0.1, -0.05) is 0 Å². The summed E-state index contributed by atoms with van der Waals surface area (Å²) in [4.78, 5) is 13.6. The number of aromatic nitrogens is 2. The van der Waals surface area contributed by atoms with E-state index >= 15 is 0 Å². The van der Waals surface area contributed by atoms with Gasteiger partial charge in [-0.3, -0.25) is 4.79 Å². The van der Waals surface area contributed by atoms with Crippen molar-refractivity contribution in [2.24, 2.45) is 0 Å². The lowest BCUT2D eigenvalue weighted by atomic mass is 10.1. The van der Waals surface area contributed by atoms with Crippen LogP contribution in [-0.4, -0.2) is 23.7 Å². The minimum atomic E-state index is -0.299. The van der Waals surface area contributed by atoms with Crippen LogP contribution in [0, 0.1) is 25.2 Å². The van der Waals surface area contributed by atoms with Crippen LogP contribution >= 0.6 is 0 Å². The highest BCUT2D eigenvalue weighted by atomic mass is 16.5. The number of nitrogens with zero attached hydrogens (tertiary/aromatic N) is 4. The summed E-state index contributed by atoms with van der Waals surface area (Å²) in [6.45, 7) is 10.2. The molecule has 3 heterocycles. The summed E-state index contributed by atoms with van der Waals surface area (Å²) in [5.74, 6) is 2.48. The molecular weight excluding hydrogens is 440 g/mol. The van der Waals surface area contributed by atoms with E-state index in [1.54, 1.807) is 0 Å². The van der Waals surface area contributed by atoms with E-state index in [0.29, 0.717) is 12.1 Å². The highest BCUT2D eigenvalue weighted by Gasteiger charge is 2.33. The van der Waals surface area contributed by atoms with Crippen molar-refractivity contribution in [3.63, 3.8) is 0 Å². The number of nitriles is 1. The fourth-order valence-electron chi connectivity index (χ4n) is 4.97. The van der Waals surface area contributed by atoms with Crippen molar-refractivity contribution >= 4 is 28.3 Å². The normalized spacial score (nSPS) is 16.5. The van der Waals surface area contributed by atoms with E-state index in [2.05, 4.69) is 59.1 Å². The first-order chi connectivity index (χ1) is 16.9. The number of imidazole rings is 1. The van der Waals surface area contributed by atoms with Gasteiger partial charge in [-0.15, -0.1) is 0 Å². The summed E-state index contributed by atoms with van der Waals surface area (Å²) in [7, 11) is 0. The molecule has 35 heavy (non-hydrogen) atoms. The van der Waals surface area contributed by atoms with Crippen molar-refractivity contribution < 1.29 is 18.8 Å². The molecule has 0 bridgehead atoms. The Labute approximate surface area is 205 Å². The standard InChI is InChI=1S/C28H29N4O3/c1-5-30-25-14-18(2)19(3)15-26(25)35-27(30)9-7-22-10-11-31-23-8-6-21(17-29)16-24(23)32(28(22)31)12-13-34-20(4)33/h6-9,14-16H,5,10-13H2,1-4H3/q+1. The van der Waals surface area contributed by atoms with Crippen LogP contribution in [0.3, 0.4) is 0 Å². The minimum absolute atomic E-state index is 0.276.